The number of hydrogen-bond acceptors (Lipinski definition) is 3. The molecule has 4 heteroatoms. The minimum absolute atomic E-state index is 0.405. The molecule has 1 aromatic carbocycles. The predicted molar refractivity (Wildman–Crippen MR) is 84.5 cm³/mol. The second-order valence-corrected chi connectivity index (χ2v) is 5.75. The van der Waals surface area contributed by atoms with Crippen LogP contribution in [0.2, 0.25) is 0 Å². The van der Waals surface area contributed by atoms with E-state index in [0.29, 0.717) is 6.04 Å². The van der Waals surface area contributed by atoms with Gasteiger partial charge in [0.05, 0.1) is 0 Å². The van der Waals surface area contributed by atoms with Crippen molar-refractivity contribution in [3.63, 3.8) is 0 Å². The van der Waals surface area contributed by atoms with Crippen molar-refractivity contribution in [2.45, 2.75) is 18.9 Å². The molecule has 0 amide bonds. The van der Waals surface area contributed by atoms with Gasteiger partial charge in [0.15, 0.2) is 0 Å². The summed E-state index contributed by atoms with van der Waals surface area (Å²) < 4.78 is 6.21. The lowest BCUT2D eigenvalue weighted by atomic mass is 10.0. The van der Waals surface area contributed by atoms with Gasteiger partial charge in [-0.1, -0.05) is 28.1 Å². The van der Waals surface area contributed by atoms with E-state index in [4.69, 9.17) is 4.74 Å². The molecule has 0 aliphatic heterocycles. The number of benzene rings is 1. The smallest absolute Gasteiger partial charge is 0.0474 e. The number of nitrogens with zero attached hydrogens (tertiary/aromatic N) is 1. The van der Waals surface area contributed by atoms with E-state index in [2.05, 4.69) is 57.5 Å². The summed E-state index contributed by atoms with van der Waals surface area (Å²) in [6.45, 7) is 3.01. The van der Waals surface area contributed by atoms with Gasteiger partial charge in [-0.15, -0.1) is 0 Å². The van der Waals surface area contributed by atoms with Gasteiger partial charge < -0.3 is 15.0 Å². The Morgan fingerprint density at radius 3 is 2.79 bits per heavy atom. The Bertz CT molecular complexity index is 360. The number of nitrogens with one attached hydrogen (secondary N) is 1. The first kappa shape index (κ1) is 16.6. The normalized spacial score (nSPS) is 12.9. The van der Waals surface area contributed by atoms with Crippen LogP contribution in [0.5, 0.6) is 0 Å². The van der Waals surface area contributed by atoms with E-state index in [1.807, 2.05) is 7.05 Å². The van der Waals surface area contributed by atoms with E-state index in [1.165, 1.54) is 5.56 Å². The summed E-state index contributed by atoms with van der Waals surface area (Å²) in [4.78, 5) is 2.36. The van der Waals surface area contributed by atoms with E-state index in [0.717, 1.165) is 37.0 Å². The van der Waals surface area contributed by atoms with Gasteiger partial charge in [-0.3, -0.25) is 0 Å². The monoisotopic (exact) mass is 328 g/mol. The minimum Gasteiger partial charge on any atom is -0.385 e. The SMILES string of the molecule is CNC(CCN(C)CCCOC)c1cccc(Br)c1. The summed E-state index contributed by atoms with van der Waals surface area (Å²) >= 11 is 3.53. The number of hydrogen-bond donors (Lipinski definition) is 1. The maximum absolute atomic E-state index is 5.08. The van der Waals surface area contributed by atoms with E-state index >= 15 is 0 Å². The Kier molecular flexibility index (Phi) is 8.30. The molecule has 0 saturated heterocycles. The topological polar surface area (TPSA) is 24.5 Å². The van der Waals surface area contributed by atoms with Crippen LogP contribution in [0.25, 0.3) is 0 Å². The molecule has 0 aliphatic carbocycles. The molecule has 1 rings (SSSR count). The molecule has 0 saturated carbocycles. The molecule has 1 aromatic rings. The van der Waals surface area contributed by atoms with Crippen LogP contribution in [0, 0.1) is 0 Å². The molecule has 19 heavy (non-hydrogen) atoms. The van der Waals surface area contributed by atoms with Crippen LogP contribution >= 0.6 is 15.9 Å². The Balaban J connectivity index is 2.40. The minimum atomic E-state index is 0.405. The van der Waals surface area contributed by atoms with Gasteiger partial charge in [-0.2, -0.15) is 0 Å². The summed E-state index contributed by atoms with van der Waals surface area (Å²) in [5.41, 5.74) is 1.34. The molecule has 0 radical (unpaired) electrons. The zero-order valence-corrected chi connectivity index (χ0v) is 13.7. The average Bonchev–Trinajstić information content (AvgIpc) is 2.40. The fraction of sp³-hybridized carbons (Fsp3) is 0.600. The molecule has 0 spiro atoms. The van der Waals surface area contributed by atoms with Crippen LogP contribution in [0.3, 0.4) is 0 Å². The molecule has 0 bridgehead atoms. The van der Waals surface area contributed by atoms with Crippen molar-refractivity contribution in [1.29, 1.82) is 0 Å². The maximum atomic E-state index is 5.08. The van der Waals surface area contributed by atoms with E-state index in [-0.39, 0.29) is 0 Å². The Morgan fingerprint density at radius 1 is 1.37 bits per heavy atom. The van der Waals surface area contributed by atoms with Crippen molar-refractivity contribution >= 4 is 15.9 Å². The molecule has 0 aromatic heterocycles. The molecule has 1 unspecified atom stereocenters. The Hall–Kier alpha value is -0.420. The largest absolute Gasteiger partial charge is 0.385 e. The van der Waals surface area contributed by atoms with Gasteiger partial charge in [0.25, 0.3) is 0 Å². The third kappa shape index (κ3) is 6.52. The molecule has 1 N–H and O–H groups in total. The van der Waals surface area contributed by atoms with Crippen LogP contribution in [-0.4, -0.2) is 45.8 Å². The summed E-state index contributed by atoms with van der Waals surface area (Å²) in [6, 6.07) is 8.92. The summed E-state index contributed by atoms with van der Waals surface area (Å²) in [6.07, 6.45) is 2.20. The maximum Gasteiger partial charge on any atom is 0.0474 e. The summed E-state index contributed by atoms with van der Waals surface area (Å²) in [5, 5.41) is 3.40. The number of rotatable bonds is 9. The average molecular weight is 329 g/mol. The lowest BCUT2D eigenvalue weighted by Crippen LogP contribution is -2.26. The first-order valence-electron chi connectivity index (χ1n) is 6.77. The van der Waals surface area contributed by atoms with Crippen LogP contribution < -0.4 is 5.32 Å². The van der Waals surface area contributed by atoms with Gasteiger partial charge in [0, 0.05) is 30.8 Å². The third-order valence-electron chi connectivity index (χ3n) is 3.29. The van der Waals surface area contributed by atoms with Crippen LogP contribution in [-0.2, 0) is 4.74 Å². The van der Waals surface area contributed by atoms with Crippen molar-refractivity contribution < 1.29 is 4.74 Å². The predicted octanol–water partition coefficient (Wildman–Crippen LogP) is 3.07. The highest BCUT2D eigenvalue weighted by Gasteiger charge is 2.10. The molecule has 3 nitrogen and oxygen atoms in total. The fourth-order valence-electron chi connectivity index (χ4n) is 2.14. The zero-order valence-electron chi connectivity index (χ0n) is 12.2. The highest BCUT2D eigenvalue weighted by atomic mass is 79.9. The zero-order chi connectivity index (χ0) is 14.1. The lowest BCUT2D eigenvalue weighted by Gasteiger charge is -2.22. The highest BCUT2D eigenvalue weighted by molar-refractivity contribution is 9.10. The van der Waals surface area contributed by atoms with E-state index < -0.39 is 0 Å². The number of halogens is 1. The molecule has 0 heterocycles. The molecule has 108 valence electrons. The van der Waals surface area contributed by atoms with Gasteiger partial charge in [0.1, 0.15) is 0 Å². The van der Waals surface area contributed by atoms with E-state index in [1.54, 1.807) is 7.11 Å². The van der Waals surface area contributed by atoms with E-state index in [9.17, 15) is 0 Å². The van der Waals surface area contributed by atoms with Crippen molar-refractivity contribution in [2.24, 2.45) is 0 Å². The third-order valence-corrected chi connectivity index (χ3v) is 3.78. The summed E-state index contributed by atoms with van der Waals surface area (Å²) in [7, 11) is 5.95. The van der Waals surface area contributed by atoms with Gasteiger partial charge in [0.2, 0.25) is 0 Å². The van der Waals surface area contributed by atoms with Gasteiger partial charge >= 0.3 is 0 Å². The van der Waals surface area contributed by atoms with Crippen LogP contribution in [0.15, 0.2) is 28.7 Å². The molecule has 0 fully saturated rings. The van der Waals surface area contributed by atoms with Gasteiger partial charge in [-0.25, -0.2) is 0 Å². The standard InChI is InChI=1S/C15H25BrN2O/c1-17-15(13-6-4-7-14(16)12-13)8-10-18(2)9-5-11-19-3/h4,6-7,12,15,17H,5,8-11H2,1-3H3. The second kappa shape index (κ2) is 9.48. The molecular formula is C15H25BrN2O. The first-order valence-corrected chi connectivity index (χ1v) is 7.57. The van der Waals surface area contributed by atoms with Crippen LogP contribution in [0.4, 0.5) is 0 Å². The Morgan fingerprint density at radius 2 is 2.16 bits per heavy atom. The van der Waals surface area contributed by atoms with Gasteiger partial charge in [-0.05, 0) is 51.2 Å². The first-order chi connectivity index (χ1) is 9.17. The van der Waals surface area contributed by atoms with Crippen molar-refractivity contribution in [1.82, 2.24) is 10.2 Å². The highest BCUT2D eigenvalue weighted by Crippen LogP contribution is 2.20. The van der Waals surface area contributed by atoms with Crippen molar-refractivity contribution in [3.8, 4) is 0 Å². The van der Waals surface area contributed by atoms with Crippen molar-refractivity contribution in [3.05, 3.63) is 34.3 Å². The number of methoxy groups -OCH3 is 1. The Labute approximate surface area is 125 Å². The second-order valence-electron chi connectivity index (χ2n) is 4.83. The fourth-order valence-corrected chi connectivity index (χ4v) is 2.56. The summed E-state index contributed by atoms with van der Waals surface area (Å²) in [5.74, 6) is 0. The quantitative estimate of drug-likeness (QED) is 0.705. The van der Waals surface area contributed by atoms with Crippen LogP contribution in [0.1, 0.15) is 24.4 Å². The lowest BCUT2D eigenvalue weighted by molar-refractivity contribution is 0.178. The number of ether oxygens (including phenoxy) is 1. The molecular weight excluding hydrogens is 304 g/mol. The molecule has 0 aliphatic rings. The van der Waals surface area contributed by atoms with Crippen molar-refractivity contribution in [2.75, 3.05) is 40.9 Å². The molecule has 1 atom stereocenters.